The van der Waals surface area contributed by atoms with Crippen LogP contribution in [0.25, 0.3) is 0 Å². The zero-order valence-corrected chi connectivity index (χ0v) is 18.3. The van der Waals surface area contributed by atoms with Crippen LogP contribution in [0.3, 0.4) is 0 Å². The number of hydrogen-bond acceptors (Lipinski definition) is 5. The third-order valence-electron chi connectivity index (χ3n) is 4.90. The van der Waals surface area contributed by atoms with Crippen LogP contribution in [0.5, 0.6) is 0 Å². The zero-order chi connectivity index (χ0) is 21.8. The Morgan fingerprint density at radius 3 is 2.41 bits per heavy atom. The molecule has 0 unspecified atom stereocenters. The second-order valence-corrected chi connectivity index (χ2v) is 9.20. The second-order valence-electron chi connectivity index (χ2n) is 6.93. The molecule has 0 saturated carbocycles. The molecular formula is C19H26ClFN2O5S. The summed E-state index contributed by atoms with van der Waals surface area (Å²) in [6.07, 6.45) is 2.14. The predicted molar refractivity (Wildman–Crippen MR) is 109 cm³/mol. The van der Waals surface area contributed by atoms with Crippen molar-refractivity contribution >= 4 is 39.2 Å². The first-order valence-corrected chi connectivity index (χ1v) is 11.7. The standard InChI is InChI=1S/C19H26ClFN2O5S/c1-4-17(18(24)22-10-8-13(9-11-22)19(25)28-5-2)23(29(3,26)27)14-6-7-16(21)15(20)12-14/h6-7,12-13,17H,4-5,8-11H2,1-3H3/t17-/m1/s1. The Labute approximate surface area is 175 Å². The van der Waals surface area contributed by atoms with E-state index in [0.717, 1.165) is 16.6 Å². The molecule has 2 rings (SSSR count). The van der Waals surface area contributed by atoms with Gasteiger partial charge < -0.3 is 9.64 Å². The number of piperidine rings is 1. The minimum Gasteiger partial charge on any atom is -0.466 e. The smallest absolute Gasteiger partial charge is 0.309 e. The van der Waals surface area contributed by atoms with Gasteiger partial charge in [0.05, 0.1) is 29.5 Å². The quantitative estimate of drug-likeness (QED) is 0.599. The van der Waals surface area contributed by atoms with Crippen molar-refractivity contribution in [1.82, 2.24) is 4.90 Å². The lowest BCUT2D eigenvalue weighted by molar-refractivity contribution is -0.151. The lowest BCUT2D eigenvalue weighted by Crippen LogP contribution is -2.52. The molecule has 1 heterocycles. The molecule has 0 aliphatic carbocycles. The fraction of sp³-hybridized carbons (Fsp3) is 0.579. The summed E-state index contributed by atoms with van der Waals surface area (Å²) >= 11 is 5.82. The second kappa shape index (κ2) is 9.75. The van der Waals surface area contributed by atoms with Gasteiger partial charge in [0.25, 0.3) is 0 Å². The minimum atomic E-state index is -3.84. The summed E-state index contributed by atoms with van der Waals surface area (Å²) in [6.45, 7) is 4.42. The average Bonchev–Trinajstić information content (AvgIpc) is 2.67. The zero-order valence-electron chi connectivity index (χ0n) is 16.7. The average molecular weight is 449 g/mol. The van der Waals surface area contributed by atoms with Crippen molar-refractivity contribution in [2.75, 3.05) is 30.3 Å². The van der Waals surface area contributed by atoms with Crippen molar-refractivity contribution in [2.45, 2.75) is 39.2 Å². The topological polar surface area (TPSA) is 84.0 Å². The number of esters is 1. The molecule has 0 N–H and O–H groups in total. The third-order valence-corrected chi connectivity index (χ3v) is 6.37. The molecule has 0 radical (unpaired) electrons. The lowest BCUT2D eigenvalue weighted by Gasteiger charge is -2.37. The monoisotopic (exact) mass is 448 g/mol. The highest BCUT2D eigenvalue weighted by Crippen LogP contribution is 2.29. The Balaban J connectivity index is 2.23. The van der Waals surface area contributed by atoms with Gasteiger partial charge in [-0.15, -0.1) is 0 Å². The van der Waals surface area contributed by atoms with E-state index in [1.54, 1.807) is 18.7 Å². The SMILES string of the molecule is CCOC(=O)C1CCN(C(=O)[C@@H](CC)N(c2ccc(F)c(Cl)c2)S(C)(=O)=O)CC1. The van der Waals surface area contributed by atoms with Gasteiger partial charge in [0, 0.05) is 13.1 Å². The number of anilines is 1. The highest BCUT2D eigenvalue weighted by Gasteiger charge is 2.36. The number of ether oxygens (including phenoxy) is 1. The normalized spacial score (nSPS) is 16.4. The number of sulfonamides is 1. The van der Waals surface area contributed by atoms with Crippen LogP contribution in [0.4, 0.5) is 10.1 Å². The van der Waals surface area contributed by atoms with E-state index < -0.39 is 21.9 Å². The summed E-state index contributed by atoms with van der Waals surface area (Å²) < 4.78 is 44.5. The molecule has 1 aromatic rings. The van der Waals surface area contributed by atoms with E-state index in [1.165, 1.54) is 12.1 Å². The van der Waals surface area contributed by atoms with E-state index in [2.05, 4.69) is 0 Å². The number of hydrogen-bond donors (Lipinski definition) is 0. The Kier molecular flexibility index (Phi) is 7.87. The molecule has 1 aliphatic heterocycles. The molecular weight excluding hydrogens is 423 g/mol. The number of carbonyl (C=O) groups is 2. The number of halogens is 2. The van der Waals surface area contributed by atoms with Crippen molar-refractivity contribution in [3.05, 3.63) is 29.0 Å². The highest BCUT2D eigenvalue weighted by atomic mass is 35.5. The van der Waals surface area contributed by atoms with Gasteiger partial charge in [-0.25, -0.2) is 12.8 Å². The first kappa shape index (κ1) is 23.4. The maximum atomic E-state index is 13.5. The molecule has 162 valence electrons. The van der Waals surface area contributed by atoms with Gasteiger partial charge in [0.2, 0.25) is 15.9 Å². The largest absolute Gasteiger partial charge is 0.466 e. The van der Waals surface area contributed by atoms with Crippen LogP contribution in [0.2, 0.25) is 5.02 Å². The molecule has 29 heavy (non-hydrogen) atoms. The first-order valence-electron chi connectivity index (χ1n) is 9.50. The fourth-order valence-electron chi connectivity index (χ4n) is 3.47. The molecule has 1 aromatic carbocycles. The third kappa shape index (κ3) is 5.60. The van der Waals surface area contributed by atoms with Gasteiger partial charge in [-0.1, -0.05) is 18.5 Å². The Bertz CT molecular complexity index is 856. The molecule has 1 saturated heterocycles. The number of rotatable bonds is 7. The highest BCUT2D eigenvalue weighted by molar-refractivity contribution is 7.92. The van der Waals surface area contributed by atoms with Crippen LogP contribution < -0.4 is 4.31 Å². The minimum absolute atomic E-state index is 0.125. The molecule has 0 aromatic heterocycles. The van der Waals surface area contributed by atoms with Crippen molar-refractivity contribution in [3.63, 3.8) is 0 Å². The lowest BCUT2D eigenvalue weighted by atomic mass is 9.96. The van der Waals surface area contributed by atoms with Gasteiger partial charge in [0.1, 0.15) is 11.9 Å². The number of nitrogens with zero attached hydrogens (tertiary/aromatic N) is 2. The van der Waals surface area contributed by atoms with Gasteiger partial charge >= 0.3 is 5.97 Å². The van der Waals surface area contributed by atoms with Crippen LogP contribution in [0.1, 0.15) is 33.1 Å². The summed E-state index contributed by atoms with van der Waals surface area (Å²) in [4.78, 5) is 26.6. The predicted octanol–water partition coefficient (Wildman–Crippen LogP) is 2.83. The number of carbonyl (C=O) groups excluding carboxylic acids is 2. The maximum absolute atomic E-state index is 13.5. The number of amides is 1. The van der Waals surface area contributed by atoms with Crippen LogP contribution in [-0.2, 0) is 24.3 Å². The Morgan fingerprint density at radius 1 is 1.31 bits per heavy atom. The van der Waals surface area contributed by atoms with E-state index >= 15 is 0 Å². The Morgan fingerprint density at radius 2 is 1.93 bits per heavy atom. The number of likely N-dealkylation sites (tertiary alicyclic amines) is 1. The van der Waals surface area contributed by atoms with Gasteiger partial charge in [-0.2, -0.15) is 0 Å². The molecule has 1 fully saturated rings. The van der Waals surface area contributed by atoms with Gasteiger partial charge in [-0.05, 0) is 44.4 Å². The van der Waals surface area contributed by atoms with Crippen LogP contribution in [0, 0.1) is 11.7 Å². The van der Waals surface area contributed by atoms with E-state index in [0.29, 0.717) is 32.5 Å². The van der Waals surface area contributed by atoms with Crippen molar-refractivity contribution in [1.29, 1.82) is 0 Å². The molecule has 0 bridgehead atoms. The van der Waals surface area contributed by atoms with E-state index in [9.17, 15) is 22.4 Å². The molecule has 0 spiro atoms. The molecule has 10 heteroatoms. The van der Waals surface area contributed by atoms with E-state index in [4.69, 9.17) is 16.3 Å². The summed E-state index contributed by atoms with van der Waals surface area (Å²) in [5, 5.41) is -0.228. The Hall–Kier alpha value is -1.87. The fourth-order valence-corrected chi connectivity index (χ4v) is 4.84. The van der Waals surface area contributed by atoms with Crippen molar-refractivity contribution in [3.8, 4) is 0 Å². The van der Waals surface area contributed by atoms with Crippen molar-refractivity contribution in [2.24, 2.45) is 5.92 Å². The summed E-state index contributed by atoms with van der Waals surface area (Å²) in [6, 6.07) is 2.55. The number of benzene rings is 1. The van der Waals surface area contributed by atoms with Crippen molar-refractivity contribution < 1.29 is 27.1 Å². The summed E-state index contributed by atoms with van der Waals surface area (Å²) in [7, 11) is -3.84. The van der Waals surface area contributed by atoms with Crippen LogP contribution in [-0.4, -0.2) is 57.2 Å². The summed E-state index contributed by atoms with van der Waals surface area (Å²) in [5.74, 6) is -1.57. The van der Waals surface area contributed by atoms with E-state index in [1.807, 2.05) is 0 Å². The maximum Gasteiger partial charge on any atom is 0.309 e. The van der Waals surface area contributed by atoms with Crippen LogP contribution >= 0.6 is 11.6 Å². The van der Waals surface area contributed by atoms with E-state index in [-0.39, 0.29) is 34.9 Å². The first-order chi connectivity index (χ1) is 13.6. The summed E-state index contributed by atoms with van der Waals surface area (Å²) in [5.41, 5.74) is 0.125. The molecule has 1 amide bonds. The molecule has 1 atom stereocenters. The van der Waals surface area contributed by atoms with Gasteiger partial charge in [0.15, 0.2) is 0 Å². The van der Waals surface area contributed by atoms with Crippen LogP contribution in [0.15, 0.2) is 18.2 Å². The van der Waals surface area contributed by atoms with Gasteiger partial charge in [-0.3, -0.25) is 13.9 Å². The molecule has 7 nitrogen and oxygen atoms in total. The molecule has 1 aliphatic rings.